The summed E-state index contributed by atoms with van der Waals surface area (Å²) in [5.41, 5.74) is 6.23. The molecule has 1 aromatic heterocycles. The van der Waals surface area contributed by atoms with Crippen molar-refractivity contribution < 1.29 is 14.3 Å². The van der Waals surface area contributed by atoms with Crippen LogP contribution in [0.5, 0.6) is 0 Å². The Morgan fingerprint density at radius 3 is 2.60 bits per heavy atom. The third-order valence-corrected chi connectivity index (χ3v) is 1.89. The second kappa shape index (κ2) is 3.45. The van der Waals surface area contributed by atoms with Crippen LogP contribution in [0.3, 0.4) is 0 Å². The molecule has 2 rings (SSSR count). The summed E-state index contributed by atoms with van der Waals surface area (Å²) >= 11 is 0. The van der Waals surface area contributed by atoms with Crippen molar-refractivity contribution in [2.24, 2.45) is 0 Å². The standard InChI is InChI=1S/C10H8N2O3/c11-10-12-7(8(15-10)9(13)14)6-4-2-1-3-5-6/h1-5H,(H2,11,12)(H,13,14). The van der Waals surface area contributed by atoms with E-state index in [2.05, 4.69) is 4.98 Å². The van der Waals surface area contributed by atoms with Crippen LogP contribution in [0.2, 0.25) is 0 Å². The first kappa shape index (κ1) is 9.26. The van der Waals surface area contributed by atoms with E-state index >= 15 is 0 Å². The fourth-order valence-electron chi connectivity index (χ4n) is 1.27. The average Bonchev–Trinajstić information content (AvgIpc) is 2.62. The van der Waals surface area contributed by atoms with Gasteiger partial charge in [0.1, 0.15) is 5.69 Å². The second-order valence-electron chi connectivity index (χ2n) is 2.90. The number of nitrogens with two attached hydrogens (primary N) is 1. The molecule has 0 atom stereocenters. The van der Waals surface area contributed by atoms with E-state index in [4.69, 9.17) is 15.3 Å². The zero-order valence-electron chi connectivity index (χ0n) is 7.68. The Kier molecular flexibility index (Phi) is 2.13. The molecule has 0 bridgehead atoms. The van der Waals surface area contributed by atoms with E-state index in [-0.39, 0.29) is 17.5 Å². The van der Waals surface area contributed by atoms with Gasteiger partial charge in [0.05, 0.1) is 0 Å². The smallest absolute Gasteiger partial charge is 0.374 e. The zero-order chi connectivity index (χ0) is 10.8. The Morgan fingerprint density at radius 2 is 2.00 bits per heavy atom. The Hall–Kier alpha value is -2.30. The lowest BCUT2D eigenvalue weighted by molar-refractivity contribution is 0.0665. The van der Waals surface area contributed by atoms with E-state index in [0.29, 0.717) is 5.56 Å². The minimum absolute atomic E-state index is 0.147. The number of anilines is 1. The summed E-state index contributed by atoms with van der Waals surface area (Å²) in [7, 11) is 0. The highest BCUT2D eigenvalue weighted by molar-refractivity contribution is 5.92. The van der Waals surface area contributed by atoms with Crippen LogP contribution >= 0.6 is 0 Å². The maximum atomic E-state index is 10.8. The van der Waals surface area contributed by atoms with Crippen molar-refractivity contribution in [1.82, 2.24) is 4.98 Å². The number of nitrogen functional groups attached to an aromatic ring is 1. The topological polar surface area (TPSA) is 89.3 Å². The molecule has 0 unspecified atom stereocenters. The molecule has 1 aromatic carbocycles. The highest BCUT2D eigenvalue weighted by Gasteiger charge is 2.19. The van der Waals surface area contributed by atoms with E-state index in [9.17, 15) is 4.79 Å². The first-order valence-electron chi connectivity index (χ1n) is 4.23. The molecule has 5 heteroatoms. The van der Waals surface area contributed by atoms with Crippen LogP contribution in [-0.2, 0) is 0 Å². The molecule has 15 heavy (non-hydrogen) atoms. The van der Waals surface area contributed by atoms with E-state index in [1.807, 2.05) is 6.07 Å². The van der Waals surface area contributed by atoms with Crippen molar-refractivity contribution in [3.63, 3.8) is 0 Å². The van der Waals surface area contributed by atoms with E-state index in [1.165, 1.54) is 0 Å². The number of carboxylic acid groups (broad SMARTS) is 1. The van der Waals surface area contributed by atoms with E-state index in [1.54, 1.807) is 24.3 Å². The molecule has 0 aliphatic carbocycles. The molecule has 0 fully saturated rings. The molecular weight excluding hydrogens is 196 g/mol. The molecule has 5 nitrogen and oxygen atoms in total. The van der Waals surface area contributed by atoms with Crippen molar-refractivity contribution in [1.29, 1.82) is 0 Å². The molecule has 0 saturated carbocycles. The van der Waals surface area contributed by atoms with Gasteiger partial charge < -0.3 is 15.3 Å². The van der Waals surface area contributed by atoms with Crippen molar-refractivity contribution in [2.45, 2.75) is 0 Å². The van der Waals surface area contributed by atoms with Crippen LogP contribution in [0.1, 0.15) is 10.6 Å². The highest BCUT2D eigenvalue weighted by atomic mass is 16.4. The minimum Gasteiger partial charge on any atom is -0.475 e. The Labute approximate surface area is 85.2 Å². The zero-order valence-corrected chi connectivity index (χ0v) is 7.68. The number of aromatic nitrogens is 1. The van der Waals surface area contributed by atoms with Gasteiger partial charge in [-0.3, -0.25) is 0 Å². The van der Waals surface area contributed by atoms with Gasteiger partial charge in [-0.05, 0) is 0 Å². The maximum Gasteiger partial charge on any atom is 0.374 e. The fourth-order valence-corrected chi connectivity index (χ4v) is 1.27. The SMILES string of the molecule is Nc1nc(-c2ccccc2)c(C(=O)O)o1. The maximum absolute atomic E-state index is 10.8. The van der Waals surface area contributed by atoms with Crippen LogP contribution in [-0.4, -0.2) is 16.1 Å². The van der Waals surface area contributed by atoms with Gasteiger partial charge in [-0.2, -0.15) is 4.98 Å². The summed E-state index contributed by atoms with van der Waals surface area (Å²) in [5, 5.41) is 8.85. The normalized spacial score (nSPS) is 10.1. The third-order valence-electron chi connectivity index (χ3n) is 1.89. The quantitative estimate of drug-likeness (QED) is 0.775. The second-order valence-corrected chi connectivity index (χ2v) is 2.90. The van der Waals surface area contributed by atoms with Gasteiger partial charge in [-0.25, -0.2) is 4.79 Å². The predicted molar refractivity (Wildman–Crippen MR) is 53.3 cm³/mol. The number of aromatic carboxylic acids is 1. The molecule has 76 valence electrons. The summed E-state index contributed by atoms with van der Waals surface area (Å²) in [6.45, 7) is 0. The van der Waals surface area contributed by atoms with Gasteiger partial charge in [0.15, 0.2) is 0 Å². The number of carboxylic acids is 1. The number of hydrogen-bond acceptors (Lipinski definition) is 4. The monoisotopic (exact) mass is 204 g/mol. The predicted octanol–water partition coefficient (Wildman–Crippen LogP) is 1.62. The van der Waals surface area contributed by atoms with Crippen LogP contribution in [0.4, 0.5) is 6.01 Å². The Morgan fingerprint density at radius 1 is 1.33 bits per heavy atom. The fraction of sp³-hybridized carbons (Fsp3) is 0. The first-order valence-corrected chi connectivity index (χ1v) is 4.23. The first-order chi connectivity index (χ1) is 7.18. The molecule has 0 spiro atoms. The van der Waals surface area contributed by atoms with Crippen molar-refractivity contribution in [3.05, 3.63) is 36.1 Å². The number of benzene rings is 1. The van der Waals surface area contributed by atoms with Crippen LogP contribution in [0.15, 0.2) is 34.7 Å². The van der Waals surface area contributed by atoms with E-state index < -0.39 is 5.97 Å². The molecular formula is C10H8N2O3. The molecule has 2 aromatic rings. The lowest BCUT2D eigenvalue weighted by atomic mass is 10.1. The minimum atomic E-state index is -1.18. The van der Waals surface area contributed by atoms with Gasteiger partial charge in [0.2, 0.25) is 5.76 Å². The number of rotatable bonds is 2. The molecule has 0 aliphatic rings. The number of carbonyl (C=O) groups is 1. The highest BCUT2D eigenvalue weighted by Crippen LogP contribution is 2.24. The van der Waals surface area contributed by atoms with E-state index in [0.717, 1.165) is 0 Å². The molecule has 0 radical (unpaired) electrons. The van der Waals surface area contributed by atoms with Crippen molar-refractivity contribution in [3.8, 4) is 11.3 Å². The third kappa shape index (κ3) is 1.67. The van der Waals surface area contributed by atoms with Crippen LogP contribution in [0.25, 0.3) is 11.3 Å². The molecule has 1 heterocycles. The molecule has 0 amide bonds. The molecule has 0 aliphatic heterocycles. The van der Waals surface area contributed by atoms with Gasteiger partial charge in [0, 0.05) is 5.56 Å². The van der Waals surface area contributed by atoms with Crippen LogP contribution in [0, 0.1) is 0 Å². The summed E-state index contributed by atoms with van der Waals surface area (Å²) in [5.74, 6) is -1.42. The lowest BCUT2D eigenvalue weighted by Crippen LogP contribution is -1.96. The molecule has 3 N–H and O–H groups in total. The number of hydrogen-bond donors (Lipinski definition) is 2. The van der Waals surface area contributed by atoms with Gasteiger partial charge in [0.25, 0.3) is 6.01 Å². The Balaban J connectivity index is 2.58. The summed E-state index contributed by atoms with van der Waals surface area (Å²) in [6, 6.07) is 8.73. The number of nitrogens with zero attached hydrogens (tertiary/aromatic N) is 1. The van der Waals surface area contributed by atoms with Gasteiger partial charge in [-0.1, -0.05) is 30.3 Å². The number of oxazole rings is 1. The largest absolute Gasteiger partial charge is 0.475 e. The van der Waals surface area contributed by atoms with Crippen molar-refractivity contribution in [2.75, 3.05) is 5.73 Å². The summed E-state index contributed by atoms with van der Waals surface area (Å²) in [4.78, 5) is 14.7. The summed E-state index contributed by atoms with van der Waals surface area (Å²) in [6.07, 6.45) is 0. The Bertz CT molecular complexity index is 491. The molecule has 0 saturated heterocycles. The van der Waals surface area contributed by atoms with Gasteiger partial charge >= 0.3 is 5.97 Å². The lowest BCUT2D eigenvalue weighted by Gasteiger charge is -1.95. The summed E-state index contributed by atoms with van der Waals surface area (Å²) < 4.78 is 4.80. The van der Waals surface area contributed by atoms with Crippen molar-refractivity contribution >= 4 is 12.0 Å². The average molecular weight is 204 g/mol. The van der Waals surface area contributed by atoms with Gasteiger partial charge in [-0.15, -0.1) is 0 Å². The van der Waals surface area contributed by atoms with Crippen LogP contribution < -0.4 is 5.73 Å².